The van der Waals surface area contributed by atoms with Crippen LogP contribution in [-0.4, -0.2) is 35.9 Å². The minimum atomic E-state index is -3.71. The van der Waals surface area contributed by atoms with Gasteiger partial charge in [-0.15, -0.1) is 5.10 Å². The first-order chi connectivity index (χ1) is 15.8. The topological polar surface area (TPSA) is 105 Å². The Kier molecular flexibility index (Phi) is 6.68. The molecule has 0 bridgehead atoms. The maximum atomic E-state index is 12.9. The summed E-state index contributed by atoms with van der Waals surface area (Å²) < 4.78 is 33.3. The lowest BCUT2D eigenvalue weighted by molar-refractivity contribution is 0.102. The molecule has 168 valence electrons. The molecule has 4 rings (SSSR count). The molecule has 0 aliphatic carbocycles. The van der Waals surface area contributed by atoms with E-state index in [1.54, 1.807) is 6.07 Å². The van der Waals surface area contributed by atoms with Crippen molar-refractivity contribution in [3.8, 4) is 11.5 Å². The van der Waals surface area contributed by atoms with E-state index in [0.29, 0.717) is 5.56 Å². The number of benzene rings is 3. The number of hydrogen-bond acceptors (Lipinski definition) is 6. The van der Waals surface area contributed by atoms with E-state index in [2.05, 4.69) is 31.4 Å². The fraction of sp³-hybridized carbons (Fsp3) is 0.0870. The Morgan fingerprint density at radius 1 is 1.00 bits per heavy atom. The van der Waals surface area contributed by atoms with Crippen molar-refractivity contribution in [3.05, 3.63) is 94.5 Å². The second-order valence-corrected chi connectivity index (χ2v) is 10.1. The second-order valence-electron chi connectivity index (χ2n) is 7.15. The van der Waals surface area contributed by atoms with Crippen LogP contribution in [0.3, 0.4) is 0 Å². The van der Waals surface area contributed by atoms with Crippen LogP contribution in [0.2, 0.25) is 0 Å². The van der Waals surface area contributed by atoms with Gasteiger partial charge in [0.25, 0.3) is 5.91 Å². The number of nitrogens with zero attached hydrogens (tertiary/aromatic N) is 3. The van der Waals surface area contributed by atoms with Crippen molar-refractivity contribution in [1.82, 2.24) is 14.5 Å². The Bertz CT molecular complexity index is 1370. The van der Waals surface area contributed by atoms with E-state index in [9.17, 15) is 13.2 Å². The van der Waals surface area contributed by atoms with E-state index in [4.69, 9.17) is 4.42 Å². The quantitative estimate of drug-likeness (QED) is 0.378. The maximum absolute atomic E-state index is 12.9. The molecule has 8 nitrogen and oxygen atoms in total. The lowest BCUT2D eigenvalue weighted by atomic mass is 10.2. The summed E-state index contributed by atoms with van der Waals surface area (Å²) in [7, 11) is -2.20. The number of rotatable bonds is 7. The molecule has 33 heavy (non-hydrogen) atoms. The first-order valence-corrected chi connectivity index (χ1v) is 12.1. The van der Waals surface area contributed by atoms with Crippen LogP contribution >= 0.6 is 15.9 Å². The van der Waals surface area contributed by atoms with Gasteiger partial charge in [-0.2, -0.15) is 4.31 Å². The van der Waals surface area contributed by atoms with Gasteiger partial charge in [0, 0.05) is 29.2 Å². The smallest absolute Gasteiger partial charge is 0.322 e. The molecule has 0 radical (unpaired) electrons. The summed E-state index contributed by atoms with van der Waals surface area (Å²) in [6.07, 6.45) is 0. The Morgan fingerprint density at radius 3 is 2.42 bits per heavy atom. The van der Waals surface area contributed by atoms with E-state index >= 15 is 0 Å². The van der Waals surface area contributed by atoms with Gasteiger partial charge in [0.2, 0.25) is 15.9 Å². The van der Waals surface area contributed by atoms with Crippen LogP contribution in [0.4, 0.5) is 6.01 Å². The zero-order valence-electron chi connectivity index (χ0n) is 17.5. The number of carbonyl (C=O) groups excluding carboxylic acids is 1. The Hall–Kier alpha value is -3.34. The SMILES string of the molecule is CN(Cc1ccccc1)S(=O)(=O)c1ccc(C(=O)Nc2nnc(-c3cccc(Br)c3)o2)cc1. The Labute approximate surface area is 199 Å². The summed E-state index contributed by atoms with van der Waals surface area (Å²) in [4.78, 5) is 12.6. The highest BCUT2D eigenvalue weighted by Crippen LogP contribution is 2.23. The highest BCUT2D eigenvalue weighted by Gasteiger charge is 2.21. The number of anilines is 1. The highest BCUT2D eigenvalue weighted by atomic mass is 79.9. The summed E-state index contributed by atoms with van der Waals surface area (Å²) in [5, 5.41) is 10.3. The summed E-state index contributed by atoms with van der Waals surface area (Å²) in [6.45, 7) is 0.239. The molecule has 0 aliphatic heterocycles. The van der Waals surface area contributed by atoms with Crippen LogP contribution in [-0.2, 0) is 16.6 Å². The van der Waals surface area contributed by atoms with E-state index in [0.717, 1.165) is 10.0 Å². The van der Waals surface area contributed by atoms with E-state index < -0.39 is 15.9 Å². The summed E-state index contributed by atoms with van der Waals surface area (Å²) in [5.41, 5.74) is 1.83. The van der Waals surface area contributed by atoms with Crippen molar-refractivity contribution < 1.29 is 17.6 Å². The summed E-state index contributed by atoms with van der Waals surface area (Å²) >= 11 is 3.38. The van der Waals surface area contributed by atoms with Crippen molar-refractivity contribution in [3.63, 3.8) is 0 Å². The van der Waals surface area contributed by atoms with Crippen LogP contribution in [0.5, 0.6) is 0 Å². The zero-order chi connectivity index (χ0) is 23.4. The molecule has 0 saturated heterocycles. The van der Waals surface area contributed by atoms with Gasteiger partial charge in [0.15, 0.2) is 0 Å². The lowest BCUT2D eigenvalue weighted by Gasteiger charge is -2.17. The molecule has 0 atom stereocenters. The standard InChI is InChI=1S/C23H19BrN4O4S/c1-28(15-16-6-3-2-4-7-16)33(30,31)20-12-10-17(11-13-20)21(29)25-23-27-26-22(32-23)18-8-5-9-19(24)14-18/h2-14H,15H2,1H3,(H,25,27,29). The van der Waals surface area contributed by atoms with Crippen LogP contribution in [0.25, 0.3) is 11.5 Å². The van der Waals surface area contributed by atoms with Gasteiger partial charge in [-0.05, 0) is 48.0 Å². The van der Waals surface area contributed by atoms with Crippen LogP contribution in [0.15, 0.2) is 92.6 Å². The molecule has 4 aromatic rings. The molecule has 10 heteroatoms. The highest BCUT2D eigenvalue weighted by molar-refractivity contribution is 9.10. The van der Waals surface area contributed by atoms with E-state index in [1.165, 1.54) is 35.6 Å². The number of hydrogen-bond donors (Lipinski definition) is 1. The number of nitrogens with one attached hydrogen (secondary N) is 1. The molecule has 1 N–H and O–H groups in total. The van der Waals surface area contributed by atoms with Crippen molar-refractivity contribution in [2.24, 2.45) is 0 Å². The number of aromatic nitrogens is 2. The van der Waals surface area contributed by atoms with Crippen LogP contribution in [0, 0.1) is 0 Å². The summed E-state index contributed by atoms with van der Waals surface area (Å²) in [6, 6.07) is 22.2. The van der Waals surface area contributed by atoms with Gasteiger partial charge < -0.3 is 4.42 Å². The van der Waals surface area contributed by atoms with E-state index in [1.807, 2.05) is 48.5 Å². The third-order valence-corrected chi connectivity index (χ3v) is 7.10. The predicted molar refractivity (Wildman–Crippen MR) is 127 cm³/mol. The minimum Gasteiger partial charge on any atom is -0.403 e. The summed E-state index contributed by atoms with van der Waals surface area (Å²) in [5.74, 6) is -0.240. The van der Waals surface area contributed by atoms with Crippen LogP contribution < -0.4 is 5.32 Å². The molecule has 1 amide bonds. The molecular weight excluding hydrogens is 508 g/mol. The third kappa shape index (κ3) is 5.36. The third-order valence-electron chi connectivity index (χ3n) is 4.79. The van der Waals surface area contributed by atoms with Gasteiger partial charge in [-0.25, -0.2) is 8.42 Å². The average Bonchev–Trinajstić information content (AvgIpc) is 3.28. The minimum absolute atomic E-state index is 0.0609. The lowest BCUT2D eigenvalue weighted by Crippen LogP contribution is -2.26. The zero-order valence-corrected chi connectivity index (χ0v) is 19.9. The Morgan fingerprint density at radius 2 is 1.73 bits per heavy atom. The molecule has 0 unspecified atom stereocenters. The van der Waals surface area contributed by atoms with Crippen molar-refractivity contribution in [1.29, 1.82) is 0 Å². The first-order valence-electron chi connectivity index (χ1n) is 9.84. The fourth-order valence-corrected chi connectivity index (χ4v) is 4.62. The number of sulfonamides is 1. The second kappa shape index (κ2) is 9.65. The number of amides is 1. The molecular formula is C23H19BrN4O4S. The van der Waals surface area contributed by atoms with Crippen molar-refractivity contribution in [2.75, 3.05) is 12.4 Å². The molecule has 0 aliphatic rings. The fourth-order valence-electron chi connectivity index (χ4n) is 3.06. The van der Waals surface area contributed by atoms with Gasteiger partial charge >= 0.3 is 6.01 Å². The first kappa shape index (κ1) is 22.8. The number of halogens is 1. The van der Waals surface area contributed by atoms with Crippen molar-refractivity contribution in [2.45, 2.75) is 11.4 Å². The van der Waals surface area contributed by atoms with Gasteiger partial charge in [0.1, 0.15) is 0 Å². The monoisotopic (exact) mass is 526 g/mol. The average molecular weight is 527 g/mol. The number of carbonyl (C=O) groups is 1. The largest absolute Gasteiger partial charge is 0.403 e. The predicted octanol–water partition coefficient (Wildman–Crippen LogP) is 4.57. The van der Waals surface area contributed by atoms with Gasteiger partial charge in [0.05, 0.1) is 4.90 Å². The molecule has 1 heterocycles. The van der Waals surface area contributed by atoms with E-state index in [-0.39, 0.29) is 28.9 Å². The molecule has 0 saturated carbocycles. The van der Waals surface area contributed by atoms with Crippen molar-refractivity contribution >= 4 is 37.9 Å². The van der Waals surface area contributed by atoms with Crippen LogP contribution in [0.1, 0.15) is 15.9 Å². The molecule has 0 fully saturated rings. The maximum Gasteiger partial charge on any atom is 0.322 e. The molecule has 0 spiro atoms. The van der Waals surface area contributed by atoms with Gasteiger partial charge in [-0.1, -0.05) is 57.4 Å². The van der Waals surface area contributed by atoms with Gasteiger partial charge in [-0.3, -0.25) is 10.1 Å². The Balaban J connectivity index is 1.44. The molecule has 1 aromatic heterocycles. The molecule has 3 aromatic carbocycles. The normalized spacial score (nSPS) is 11.5.